The van der Waals surface area contributed by atoms with E-state index in [1.807, 2.05) is 12.1 Å². The van der Waals surface area contributed by atoms with Crippen molar-refractivity contribution in [2.75, 3.05) is 23.3 Å². The van der Waals surface area contributed by atoms with Gasteiger partial charge in [0, 0.05) is 37.2 Å². The molecule has 26 heavy (non-hydrogen) atoms. The molecule has 3 rings (SSSR count). The van der Waals surface area contributed by atoms with Crippen molar-refractivity contribution in [1.29, 1.82) is 5.26 Å². The molecule has 1 aromatic carbocycles. The second-order valence-corrected chi connectivity index (χ2v) is 6.17. The Morgan fingerprint density at radius 2 is 2.15 bits per heavy atom. The van der Waals surface area contributed by atoms with Crippen LogP contribution in [0.1, 0.15) is 24.0 Å². The van der Waals surface area contributed by atoms with Crippen molar-refractivity contribution in [1.82, 2.24) is 4.98 Å². The predicted molar refractivity (Wildman–Crippen MR) is 101 cm³/mol. The Kier molecular flexibility index (Phi) is 5.62. The number of nitriles is 1. The smallest absolute Gasteiger partial charge is 0.248 e. The minimum Gasteiger partial charge on any atom is -0.393 e. The maximum Gasteiger partial charge on any atom is 0.248 e. The summed E-state index contributed by atoms with van der Waals surface area (Å²) < 4.78 is 0. The Morgan fingerprint density at radius 3 is 2.85 bits per heavy atom. The Labute approximate surface area is 152 Å². The average Bonchev–Trinajstić information content (AvgIpc) is 2.68. The quantitative estimate of drug-likeness (QED) is 0.829. The second kappa shape index (κ2) is 8.28. The molecular weight excluding hydrogens is 328 g/mol. The van der Waals surface area contributed by atoms with Crippen LogP contribution in [0.4, 0.5) is 11.4 Å². The zero-order chi connectivity index (χ0) is 18.4. The number of aliphatic hydroxyl groups excluding tert-OH is 1. The van der Waals surface area contributed by atoms with Crippen LogP contribution in [0.3, 0.4) is 0 Å². The highest BCUT2D eigenvalue weighted by Gasteiger charge is 2.19. The lowest BCUT2D eigenvalue weighted by atomic mass is 10.0. The summed E-state index contributed by atoms with van der Waals surface area (Å²) >= 11 is 0. The van der Waals surface area contributed by atoms with Gasteiger partial charge in [0.25, 0.3) is 0 Å². The third-order valence-corrected chi connectivity index (χ3v) is 4.30. The van der Waals surface area contributed by atoms with Gasteiger partial charge in [-0.2, -0.15) is 5.26 Å². The number of aliphatic hydroxyl groups is 1. The molecule has 0 saturated carbocycles. The van der Waals surface area contributed by atoms with Crippen LogP contribution in [-0.2, 0) is 4.79 Å². The lowest BCUT2D eigenvalue weighted by Crippen LogP contribution is -2.36. The van der Waals surface area contributed by atoms with Gasteiger partial charge in [0.1, 0.15) is 6.07 Å². The summed E-state index contributed by atoms with van der Waals surface area (Å²) in [5.41, 5.74) is 2.75. The summed E-state index contributed by atoms with van der Waals surface area (Å²) in [5.74, 6) is -0.272. The first kappa shape index (κ1) is 17.6. The molecule has 1 aliphatic rings. The number of benzene rings is 1. The highest BCUT2D eigenvalue weighted by atomic mass is 16.3. The second-order valence-electron chi connectivity index (χ2n) is 6.17. The van der Waals surface area contributed by atoms with Gasteiger partial charge >= 0.3 is 0 Å². The maximum atomic E-state index is 12.1. The molecule has 1 fully saturated rings. The molecule has 0 radical (unpaired) electrons. The van der Waals surface area contributed by atoms with Crippen molar-refractivity contribution >= 4 is 23.4 Å². The molecule has 132 valence electrons. The molecule has 1 amide bonds. The predicted octanol–water partition coefficient (Wildman–Crippen LogP) is 2.57. The number of aromatic nitrogens is 1. The Bertz CT molecular complexity index is 835. The highest BCUT2D eigenvalue weighted by molar-refractivity contribution is 6.02. The summed E-state index contributed by atoms with van der Waals surface area (Å²) in [6.45, 7) is 1.44. The molecule has 0 atom stereocenters. The van der Waals surface area contributed by atoms with E-state index in [1.54, 1.807) is 36.7 Å². The standard InChI is InChI=1S/C20H20N4O2/c21-13-16-12-17(4-5-19(16)24-10-7-18(25)8-11-24)23-20(26)6-3-15-2-1-9-22-14-15/h1-6,9,12,14,18,25H,7-8,10-11H2,(H,23,26)/b6-3+. The largest absolute Gasteiger partial charge is 0.393 e. The summed E-state index contributed by atoms with van der Waals surface area (Å²) in [4.78, 5) is 18.2. The van der Waals surface area contributed by atoms with Crippen molar-refractivity contribution in [2.45, 2.75) is 18.9 Å². The Morgan fingerprint density at radius 1 is 1.35 bits per heavy atom. The van der Waals surface area contributed by atoms with E-state index in [2.05, 4.69) is 21.3 Å². The van der Waals surface area contributed by atoms with E-state index in [-0.39, 0.29) is 12.0 Å². The molecule has 0 bridgehead atoms. The van der Waals surface area contributed by atoms with Crippen molar-refractivity contribution < 1.29 is 9.90 Å². The number of piperidine rings is 1. The summed E-state index contributed by atoms with van der Waals surface area (Å²) in [5, 5.41) is 21.8. The molecule has 1 aliphatic heterocycles. The van der Waals surface area contributed by atoms with Crippen LogP contribution in [0, 0.1) is 11.3 Å². The molecule has 6 nitrogen and oxygen atoms in total. The summed E-state index contributed by atoms with van der Waals surface area (Å²) in [6, 6.07) is 11.2. The number of pyridine rings is 1. The van der Waals surface area contributed by atoms with E-state index in [9.17, 15) is 15.2 Å². The van der Waals surface area contributed by atoms with Crippen LogP contribution in [-0.4, -0.2) is 35.2 Å². The molecule has 1 saturated heterocycles. The minimum absolute atomic E-state index is 0.262. The zero-order valence-corrected chi connectivity index (χ0v) is 14.3. The van der Waals surface area contributed by atoms with Crippen molar-refractivity contribution in [3.05, 3.63) is 59.9 Å². The fraction of sp³-hybridized carbons (Fsp3) is 0.250. The number of hydrogen-bond acceptors (Lipinski definition) is 5. The van der Waals surface area contributed by atoms with E-state index in [1.165, 1.54) is 6.08 Å². The minimum atomic E-state index is -0.272. The third-order valence-electron chi connectivity index (χ3n) is 4.30. The number of carbonyl (C=O) groups excluding carboxylic acids is 1. The van der Waals surface area contributed by atoms with Crippen molar-refractivity contribution in [3.63, 3.8) is 0 Å². The van der Waals surface area contributed by atoms with Gasteiger partial charge in [-0.05, 0) is 48.7 Å². The van der Waals surface area contributed by atoms with Gasteiger partial charge in [-0.3, -0.25) is 9.78 Å². The molecule has 6 heteroatoms. The average molecular weight is 348 g/mol. The van der Waals surface area contributed by atoms with Crippen molar-refractivity contribution in [3.8, 4) is 6.07 Å². The Balaban J connectivity index is 1.68. The molecular formula is C20H20N4O2. The van der Waals surface area contributed by atoms with Gasteiger partial charge in [0.05, 0.1) is 17.4 Å². The fourth-order valence-corrected chi connectivity index (χ4v) is 2.92. The number of carbonyl (C=O) groups is 1. The number of hydrogen-bond donors (Lipinski definition) is 2. The number of anilines is 2. The van der Waals surface area contributed by atoms with Gasteiger partial charge in [-0.25, -0.2) is 0 Å². The van der Waals surface area contributed by atoms with E-state index < -0.39 is 0 Å². The van der Waals surface area contributed by atoms with Gasteiger partial charge in [-0.15, -0.1) is 0 Å². The van der Waals surface area contributed by atoms with Crippen molar-refractivity contribution in [2.24, 2.45) is 0 Å². The molecule has 2 heterocycles. The van der Waals surface area contributed by atoms with Gasteiger partial charge < -0.3 is 15.3 Å². The molecule has 0 spiro atoms. The molecule has 2 N–H and O–H groups in total. The first-order chi connectivity index (χ1) is 12.7. The van der Waals surface area contributed by atoms with Gasteiger partial charge in [-0.1, -0.05) is 6.07 Å². The number of nitrogens with one attached hydrogen (secondary N) is 1. The normalized spacial score (nSPS) is 15.0. The number of amides is 1. The van der Waals surface area contributed by atoms with Gasteiger partial charge in [0.15, 0.2) is 0 Å². The number of rotatable bonds is 4. The monoisotopic (exact) mass is 348 g/mol. The fourth-order valence-electron chi connectivity index (χ4n) is 2.92. The van der Waals surface area contributed by atoms with Crippen LogP contribution in [0.15, 0.2) is 48.8 Å². The number of nitrogens with zero attached hydrogens (tertiary/aromatic N) is 3. The van der Waals surface area contributed by atoms with Crippen LogP contribution >= 0.6 is 0 Å². The molecule has 1 aromatic heterocycles. The Hall–Kier alpha value is -3.17. The van der Waals surface area contributed by atoms with E-state index >= 15 is 0 Å². The first-order valence-corrected chi connectivity index (χ1v) is 8.52. The van der Waals surface area contributed by atoms with Gasteiger partial charge in [0.2, 0.25) is 5.91 Å². The van der Waals surface area contributed by atoms with Crippen LogP contribution < -0.4 is 10.2 Å². The van der Waals surface area contributed by atoms with E-state index in [0.717, 1.165) is 24.3 Å². The SMILES string of the molecule is N#Cc1cc(NC(=O)/C=C/c2cccnc2)ccc1N1CCC(O)CC1. The van der Waals surface area contributed by atoms with Crippen LogP contribution in [0.2, 0.25) is 0 Å². The molecule has 2 aromatic rings. The molecule has 0 unspecified atom stereocenters. The summed E-state index contributed by atoms with van der Waals surface area (Å²) in [7, 11) is 0. The van der Waals surface area contributed by atoms with E-state index in [4.69, 9.17) is 0 Å². The van der Waals surface area contributed by atoms with E-state index in [0.29, 0.717) is 24.1 Å². The third kappa shape index (κ3) is 4.47. The zero-order valence-electron chi connectivity index (χ0n) is 14.3. The lowest BCUT2D eigenvalue weighted by molar-refractivity contribution is -0.111. The maximum absolute atomic E-state index is 12.1. The lowest BCUT2D eigenvalue weighted by Gasteiger charge is -2.32. The van der Waals surface area contributed by atoms with Crippen LogP contribution in [0.5, 0.6) is 0 Å². The first-order valence-electron chi connectivity index (χ1n) is 8.52. The summed E-state index contributed by atoms with van der Waals surface area (Å²) in [6.07, 6.45) is 7.59. The molecule has 0 aliphatic carbocycles. The topological polar surface area (TPSA) is 89.2 Å². The highest BCUT2D eigenvalue weighted by Crippen LogP contribution is 2.26. The van der Waals surface area contributed by atoms with Crippen LogP contribution in [0.25, 0.3) is 6.08 Å².